The van der Waals surface area contributed by atoms with E-state index in [-0.39, 0.29) is 12.3 Å². The molecule has 0 spiro atoms. The molecule has 3 rings (SSSR count). The van der Waals surface area contributed by atoms with Gasteiger partial charge in [0.15, 0.2) is 0 Å². The number of benzene rings is 1. The Labute approximate surface area is 155 Å². The average molecular weight is 376 g/mol. The monoisotopic (exact) mass is 375 g/mol. The van der Waals surface area contributed by atoms with Crippen LogP contribution in [0.1, 0.15) is 18.0 Å². The Bertz CT molecular complexity index is 934. The van der Waals surface area contributed by atoms with Crippen LogP contribution in [0.25, 0.3) is 11.6 Å². The lowest BCUT2D eigenvalue weighted by Crippen LogP contribution is -2.12. The number of nitrogens with zero attached hydrogens (tertiary/aromatic N) is 4. The molecule has 0 fully saturated rings. The molecule has 2 heterocycles. The zero-order valence-corrected chi connectivity index (χ0v) is 15.4. The van der Waals surface area contributed by atoms with Crippen LogP contribution >= 0.6 is 11.6 Å². The van der Waals surface area contributed by atoms with Crippen molar-refractivity contribution in [2.45, 2.75) is 19.8 Å². The molecular weight excluding hydrogens is 358 g/mol. The van der Waals surface area contributed by atoms with Crippen molar-refractivity contribution in [3.05, 3.63) is 40.9 Å². The van der Waals surface area contributed by atoms with E-state index >= 15 is 0 Å². The number of carbonyl (C=O) groups is 1. The molecule has 0 aliphatic rings. The molecule has 2 aromatic heterocycles. The van der Waals surface area contributed by atoms with Crippen molar-refractivity contribution in [1.82, 2.24) is 20.0 Å². The Balaban J connectivity index is 1.58. The third-order valence-corrected chi connectivity index (χ3v) is 3.98. The highest BCUT2D eigenvalue weighted by Gasteiger charge is 2.14. The number of aromatic nitrogens is 4. The molecule has 0 aliphatic heterocycles. The molecule has 0 atom stereocenters. The van der Waals surface area contributed by atoms with E-state index in [1.165, 1.54) is 7.11 Å². The maximum Gasteiger partial charge on any atom is 0.265 e. The van der Waals surface area contributed by atoms with Gasteiger partial charge in [-0.2, -0.15) is 5.10 Å². The molecule has 0 unspecified atom stereocenters. The lowest BCUT2D eigenvalue weighted by atomic mass is 10.2. The molecule has 0 aliphatic carbocycles. The molecule has 0 radical (unpaired) electrons. The van der Waals surface area contributed by atoms with Gasteiger partial charge in [-0.1, -0.05) is 11.6 Å². The average Bonchev–Trinajstić information content (AvgIpc) is 3.19. The van der Waals surface area contributed by atoms with Gasteiger partial charge in [-0.15, -0.1) is 10.2 Å². The van der Waals surface area contributed by atoms with Crippen LogP contribution in [-0.2, 0) is 18.3 Å². The topological polar surface area (TPSA) is 95.1 Å². The first-order valence-electron chi connectivity index (χ1n) is 7.93. The molecular formula is C17H18ClN5O3. The maximum absolute atomic E-state index is 12.1. The number of aryl methyl sites for hydroxylation is 3. The summed E-state index contributed by atoms with van der Waals surface area (Å²) in [6.07, 6.45) is 0.537. The molecule has 26 heavy (non-hydrogen) atoms. The number of hydrogen-bond acceptors (Lipinski definition) is 6. The van der Waals surface area contributed by atoms with E-state index in [1.807, 2.05) is 13.0 Å². The van der Waals surface area contributed by atoms with E-state index in [4.69, 9.17) is 20.8 Å². The number of methoxy groups -OCH3 is 1. The molecule has 0 saturated carbocycles. The lowest BCUT2D eigenvalue weighted by Gasteiger charge is -2.07. The summed E-state index contributed by atoms with van der Waals surface area (Å²) in [5.74, 6) is 1.14. The van der Waals surface area contributed by atoms with Gasteiger partial charge in [-0.3, -0.25) is 9.48 Å². The Morgan fingerprint density at radius 1 is 1.35 bits per heavy atom. The summed E-state index contributed by atoms with van der Waals surface area (Å²) >= 11 is 6.04. The highest BCUT2D eigenvalue weighted by atomic mass is 35.5. The van der Waals surface area contributed by atoms with Crippen LogP contribution in [0, 0.1) is 6.92 Å². The molecule has 0 saturated heterocycles. The normalized spacial score (nSPS) is 10.8. The summed E-state index contributed by atoms with van der Waals surface area (Å²) in [5.41, 5.74) is 2.19. The Kier molecular flexibility index (Phi) is 5.22. The zero-order valence-electron chi connectivity index (χ0n) is 14.6. The van der Waals surface area contributed by atoms with Gasteiger partial charge in [-0.25, -0.2) is 0 Å². The van der Waals surface area contributed by atoms with Gasteiger partial charge >= 0.3 is 0 Å². The number of halogens is 1. The fourth-order valence-electron chi connectivity index (χ4n) is 2.46. The van der Waals surface area contributed by atoms with Crippen molar-refractivity contribution >= 4 is 23.2 Å². The van der Waals surface area contributed by atoms with E-state index in [0.29, 0.717) is 34.7 Å². The molecule has 3 aromatic rings. The summed E-state index contributed by atoms with van der Waals surface area (Å²) < 4.78 is 12.4. The van der Waals surface area contributed by atoms with E-state index in [1.54, 1.807) is 29.9 Å². The molecule has 9 heteroatoms. The summed E-state index contributed by atoms with van der Waals surface area (Å²) in [7, 11) is 3.34. The minimum absolute atomic E-state index is 0.178. The van der Waals surface area contributed by atoms with Crippen molar-refractivity contribution in [2.24, 2.45) is 7.05 Å². The van der Waals surface area contributed by atoms with Crippen LogP contribution in [0.5, 0.6) is 5.75 Å². The molecule has 0 bridgehead atoms. The number of anilines is 1. The van der Waals surface area contributed by atoms with Crippen molar-refractivity contribution in [1.29, 1.82) is 0 Å². The van der Waals surface area contributed by atoms with Gasteiger partial charge in [-0.05, 0) is 31.2 Å². The van der Waals surface area contributed by atoms with Crippen LogP contribution in [0.4, 0.5) is 5.69 Å². The van der Waals surface area contributed by atoms with Crippen molar-refractivity contribution in [3.63, 3.8) is 0 Å². The first kappa shape index (κ1) is 17.9. The largest absolute Gasteiger partial charge is 0.495 e. The second kappa shape index (κ2) is 7.57. The number of nitrogens with one attached hydrogen (secondary N) is 1. The van der Waals surface area contributed by atoms with E-state index < -0.39 is 0 Å². The Morgan fingerprint density at radius 2 is 2.15 bits per heavy atom. The number of carbonyl (C=O) groups excluding carboxylic acids is 1. The van der Waals surface area contributed by atoms with Crippen molar-refractivity contribution < 1.29 is 13.9 Å². The predicted molar refractivity (Wildman–Crippen MR) is 96.2 cm³/mol. The van der Waals surface area contributed by atoms with Gasteiger partial charge < -0.3 is 14.5 Å². The summed E-state index contributed by atoms with van der Waals surface area (Å²) in [4.78, 5) is 12.1. The van der Waals surface area contributed by atoms with E-state index in [2.05, 4.69) is 20.6 Å². The zero-order chi connectivity index (χ0) is 18.7. The van der Waals surface area contributed by atoms with Crippen LogP contribution in [0.15, 0.2) is 28.7 Å². The van der Waals surface area contributed by atoms with Gasteiger partial charge in [0.2, 0.25) is 11.8 Å². The second-order valence-corrected chi connectivity index (χ2v) is 6.10. The summed E-state index contributed by atoms with van der Waals surface area (Å²) in [5, 5.41) is 15.4. The van der Waals surface area contributed by atoms with Crippen molar-refractivity contribution in [2.75, 3.05) is 12.4 Å². The first-order chi connectivity index (χ1) is 12.5. The minimum Gasteiger partial charge on any atom is -0.495 e. The molecule has 1 aromatic carbocycles. The predicted octanol–water partition coefficient (Wildman–Crippen LogP) is 3.01. The summed E-state index contributed by atoms with van der Waals surface area (Å²) in [6, 6.07) is 6.90. The van der Waals surface area contributed by atoms with Crippen LogP contribution < -0.4 is 10.1 Å². The van der Waals surface area contributed by atoms with Gasteiger partial charge in [0.25, 0.3) is 5.89 Å². The Morgan fingerprint density at radius 3 is 2.81 bits per heavy atom. The smallest absolute Gasteiger partial charge is 0.265 e. The first-order valence-corrected chi connectivity index (χ1v) is 8.31. The van der Waals surface area contributed by atoms with Gasteiger partial charge in [0.1, 0.15) is 11.4 Å². The molecule has 1 N–H and O–H groups in total. The number of hydrogen-bond donors (Lipinski definition) is 1. The van der Waals surface area contributed by atoms with Crippen LogP contribution in [-0.4, -0.2) is 33.0 Å². The third kappa shape index (κ3) is 4.02. The molecule has 1 amide bonds. The Hall–Kier alpha value is -2.87. The van der Waals surface area contributed by atoms with Gasteiger partial charge in [0.05, 0.1) is 17.8 Å². The quantitative estimate of drug-likeness (QED) is 0.711. The van der Waals surface area contributed by atoms with Crippen LogP contribution in [0.3, 0.4) is 0 Å². The highest BCUT2D eigenvalue weighted by Crippen LogP contribution is 2.27. The summed E-state index contributed by atoms with van der Waals surface area (Å²) in [6.45, 7) is 1.89. The fraction of sp³-hybridized carbons (Fsp3) is 0.294. The number of amides is 1. The maximum atomic E-state index is 12.1. The van der Waals surface area contributed by atoms with Gasteiger partial charge in [0, 0.05) is 25.6 Å². The number of ether oxygens (including phenoxy) is 1. The van der Waals surface area contributed by atoms with E-state index in [9.17, 15) is 4.79 Å². The van der Waals surface area contributed by atoms with Crippen molar-refractivity contribution in [3.8, 4) is 17.3 Å². The van der Waals surface area contributed by atoms with E-state index in [0.717, 1.165) is 11.4 Å². The van der Waals surface area contributed by atoms with Crippen LogP contribution in [0.2, 0.25) is 5.02 Å². The second-order valence-electron chi connectivity index (χ2n) is 5.69. The highest BCUT2D eigenvalue weighted by molar-refractivity contribution is 6.32. The molecule has 8 nitrogen and oxygen atoms in total. The lowest BCUT2D eigenvalue weighted by molar-refractivity contribution is -0.116. The third-order valence-electron chi connectivity index (χ3n) is 3.69. The molecule has 136 valence electrons. The fourth-order valence-corrected chi connectivity index (χ4v) is 2.71. The number of rotatable bonds is 6. The standard InChI is InChI=1S/C17H18ClN5O3/c1-10-8-13(23(2)22-10)17-21-20-16(26-17)7-6-15(24)19-11-4-5-14(25-3)12(18)9-11/h4-5,8-9H,6-7H2,1-3H3,(H,19,24). The minimum atomic E-state index is -0.178. The SMILES string of the molecule is COc1ccc(NC(=O)CCc2nnc(-c3cc(C)nn3C)o2)cc1Cl.